The van der Waals surface area contributed by atoms with E-state index in [0.29, 0.717) is 5.56 Å². The molecular formula is C8H8FNO3. The summed E-state index contributed by atoms with van der Waals surface area (Å²) >= 11 is 0. The fourth-order valence-corrected chi connectivity index (χ4v) is 1.05. The third-order valence-corrected chi connectivity index (χ3v) is 1.67. The Balaban J connectivity index is 3.33. The molecule has 0 fully saturated rings. The fraction of sp³-hybridized carbons (Fsp3) is 0.250. The van der Waals surface area contributed by atoms with Crippen LogP contribution in [0, 0.1) is 22.9 Å². The highest BCUT2D eigenvalue weighted by Crippen LogP contribution is 2.22. The van der Waals surface area contributed by atoms with Crippen molar-refractivity contribution < 1.29 is 14.4 Å². The zero-order valence-electron chi connectivity index (χ0n) is 6.95. The Bertz CT molecular complexity index is 351. The van der Waals surface area contributed by atoms with Crippen molar-refractivity contribution in [2.75, 3.05) is 0 Å². The molecule has 0 aliphatic heterocycles. The lowest BCUT2D eigenvalue weighted by Crippen LogP contribution is -1.97. The van der Waals surface area contributed by atoms with E-state index in [-0.39, 0.29) is 12.2 Å². The summed E-state index contributed by atoms with van der Waals surface area (Å²) in [7, 11) is 0. The van der Waals surface area contributed by atoms with Crippen LogP contribution in [0.4, 0.5) is 10.1 Å². The van der Waals surface area contributed by atoms with Gasteiger partial charge in [-0.2, -0.15) is 4.39 Å². The van der Waals surface area contributed by atoms with Gasteiger partial charge in [0.25, 0.3) is 0 Å². The minimum atomic E-state index is -0.845. The standard InChI is InChI=1S/C8H8FNO3/c1-5-2-6(4-11)3-7(8(5)9)10(12)13/h2-3,11H,4H2,1H3. The Hall–Kier alpha value is -1.49. The number of benzene rings is 1. The normalized spacial score (nSPS) is 10.1. The van der Waals surface area contributed by atoms with Crippen LogP contribution in [0.1, 0.15) is 11.1 Å². The Morgan fingerprint density at radius 1 is 1.62 bits per heavy atom. The Kier molecular flexibility index (Phi) is 2.57. The first-order valence-corrected chi connectivity index (χ1v) is 3.60. The minimum Gasteiger partial charge on any atom is -0.392 e. The van der Waals surface area contributed by atoms with E-state index in [1.807, 2.05) is 0 Å². The quantitative estimate of drug-likeness (QED) is 0.561. The Morgan fingerprint density at radius 2 is 2.23 bits per heavy atom. The number of rotatable bonds is 2. The Labute approximate surface area is 73.8 Å². The molecule has 1 aromatic carbocycles. The van der Waals surface area contributed by atoms with E-state index in [4.69, 9.17) is 5.11 Å². The van der Waals surface area contributed by atoms with Gasteiger partial charge in [0, 0.05) is 6.07 Å². The van der Waals surface area contributed by atoms with Crippen LogP contribution < -0.4 is 0 Å². The maximum atomic E-state index is 13.0. The summed E-state index contributed by atoms with van der Waals surface area (Å²) in [6, 6.07) is 2.41. The summed E-state index contributed by atoms with van der Waals surface area (Å²) in [5.41, 5.74) is -0.0899. The molecule has 0 amide bonds. The van der Waals surface area contributed by atoms with Crippen molar-refractivity contribution >= 4 is 5.69 Å². The second-order valence-electron chi connectivity index (χ2n) is 2.66. The molecule has 0 saturated carbocycles. The van der Waals surface area contributed by atoms with Gasteiger partial charge in [-0.1, -0.05) is 6.07 Å². The van der Waals surface area contributed by atoms with Gasteiger partial charge in [-0.05, 0) is 18.1 Å². The van der Waals surface area contributed by atoms with Gasteiger partial charge in [-0.25, -0.2) is 0 Å². The summed E-state index contributed by atoms with van der Waals surface area (Å²) < 4.78 is 13.0. The molecule has 0 saturated heterocycles. The number of aliphatic hydroxyl groups excluding tert-OH is 1. The molecule has 70 valence electrons. The number of nitrogens with zero attached hydrogens (tertiary/aromatic N) is 1. The lowest BCUT2D eigenvalue weighted by Gasteiger charge is -2.01. The first-order valence-electron chi connectivity index (χ1n) is 3.60. The number of aliphatic hydroxyl groups is 1. The van der Waals surface area contributed by atoms with Crippen molar-refractivity contribution in [3.8, 4) is 0 Å². The molecule has 13 heavy (non-hydrogen) atoms. The maximum absolute atomic E-state index is 13.0. The highest BCUT2D eigenvalue weighted by Gasteiger charge is 2.16. The molecule has 1 rings (SSSR count). The minimum absolute atomic E-state index is 0.165. The van der Waals surface area contributed by atoms with Crippen LogP contribution in [0.3, 0.4) is 0 Å². The molecule has 5 heteroatoms. The molecule has 1 aromatic rings. The summed E-state index contributed by atoms with van der Waals surface area (Å²) in [6.45, 7) is 1.09. The van der Waals surface area contributed by atoms with Gasteiger partial charge in [0.15, 0.2) is 0 Å². The molecule has 0 aliphatic carbocycles. The number of halogens is 1. The SMILES string of the molecule is Cc1cc(CO)cc([N+](=O)[O-])c1F. The zero-order valence-corrected chi connectivity index (χ0v) is 6.95. The van der Waals surface area contributed by atoms with Crippen LogP contribution in [0.25, 0.3) is 0 Å². The highest BCUT2D eigenvalue weighted by molar-refractivity contribution is 5.40. The predicted octanol–water partition coefficient (Wildman–Crippen LogP) is 1.53. The number of aryl methyl sites for hydroxylation is 1. The summed E-state index contributed by atoms with van der Waals surface area (Å²) in [4.78, 5) is 9.52. The largest absolute Gasteiger partial charge is 0.392 e. The van der Waals surface area contributed by atoms with Crippen LogP contribution in [-0.4, -0.2) is 10.0 Å². The fourth-order valence-electron chi connectivity index (χ4n) is 1.05. The predicted molar refractivity (Wildman–Crippen MR) is 43.7 cm³/mol. The number of nitro benzene ring substituents is 1. The second kappa shape index (κ2) is 3.49. The van der Waals surface area contributed by atoms with Crippen molar-refractivity contribution in [1.82, 2.24) is 0 Å². The van der Waals surface area contributed by atoms with Gasteiger partial charge in [-0.3, -0.25) is 10.1 Å². The Morgan fingerprint density at radius 3 is 2.69 bits per heavy atom. The highest BCUT2D eigenvalue weighted by atomic mass is 19.1. The number of hydrogen-bond donors (Lipinski definition) is 1. The van der Waals surface area contributed by atoms with E-state index in [1.165, 1.54) is 13.0 Å². The van der Waals surface area contributed by atoms with Crippen LogP contribution in [0.2, 0.25) is 0 Å². The third-order valence-electron chi connectivity index (χ3n) is 1.67. The van der Waals surface area contributed by atoms with Crippen molar-refractivity contribution in [2.45, 2.75) is 13.5 Å². The molecule has 1 N–H and O–H groups in total. The maximum Gasteiger partial charge on any atom is 0.305 e. The molecule has 0 aliphatic rings. The van der Waals surface area contributed by atoms with E-state index in [1.54, 1.807) is 0 Å². The number of hydrogen-bond acceptors (Lipinski definition) is 3. The van der Waals surface area contributed by atoms with E-state index in [9.17, 15) is 14.5 Å². The summed E-state index contributed by atoms with van der Waals surface area (Å²) in [6.07, 6.45) is 0. The van der Waals surface area contributed by atoms with Gasteiger partial charge in [0.1, 0.15) is 0 Å². The molecule has 0 unspecified atom stereocenters. The van der Waals surface area contributed by atoms with E-state index in [0.717, 1.165) is 6.07 Å². The number of nitro groups is 1. The van der Waals surface area contributed by atoms with E-state index < -0.39 is 16.4 Å². The van der Waals surface area contributed by atoms with Gasteiger partial charge in [0.05, 0.1) is 11.5 Å². The molecule has 0 heterocycles. The smallest absolute Gasteiger partial charge is 0.305 e. The first kappa shape index (κ1) is 9.60. The van der Waals surface area contributed by atoms with Gasteiger partial charge in [0.2, 0.25) is 5.82 Å². The van der Waals surface area contributed by atoms with Crippen LogP contribution in [-0.2, 0) is 6.61 Å². The lowest BCUT2D eigenvalue weighted by atomic mass is 10.1. The van der Waals surface area contributed by atoms with Crippen molar-refractivity contribution in [1.29, 1.82) is 0 Å². The van der Waals surface area contributed by atoms with Crippen molar-refractivity contribution in [3.05, 3.63) is 39.2 Å². The molecule has 0 spiro atoms. The molecule has 0 atom stereocenters. The molecule has 4 nitrogen and oxygen atoms in total. The average Bonchev–Trinajstić information content (AvgIpc) is 2.09. The molecule has 0 bridgehead atoms. The first-order chi connectivity index (χ1) is 6.06. The van der Waals surface area contributed by atoms with Crippen molar-refractivity contribution in [3.63, 3.8) is 0 Å². The van der Waals surface area contributed by atoms with Crippen LogP contribution in [0.15, 0.2) is 12.1 Å². The van der Waals surface area contributed by atoms with Gasteiger partial charge in [-0.15, -0.1) is 0 Å². The molecule has 0 radical (unpaired) electrons. The summed E-state index contributed by atoms with van der Waals surface area (Å²) in [5.74, 6) is -0.845. The monoisotopic (exact) mass is 185 g/mol. The third kappa shape index (κ3) is 1.81. The van der Waals surface area contributed by atoms with Gasteiger partial charge < -0.3 is 5.11 Å². The van der Waals surface area contributed by atoms with Crippen molar-refractivity contribution in [2.24, 2.45) is 0 Å². The topological polar surface area (TPSA) is 63.4 Å². The summed E-state index contributed by atoms with van der Waals surface area (Å²) in [5, 5.41) is 19.0. The van der Waals surface area contributed by atoms with E-state index >= 15 is 0 Å². The zero-order chi connectivity index (χ0) is 10.0. The van der Waals surface area contributed by atoms with E-state index in [2.05, 4.69) is 0 Å². The van der Waals surface area contributed by atoms with Gasteiger partial charge >= 0.3 is 5.69 Å². The average molecular weight is 185 g/mol. The lowest BCUT2D eigenvalue weighted by molar-refractivity contribution is -0.387. The molecule has 0 aromatic heterocycles. The molecular weight excluding hydrogens is 177 g/mol. The second-order valence-corrected chi connectivity index (χ2v) is 2.66. The van der Waals surface area contributed by atoms with Crippen LogP contribution >= 0.6 is 0 Å². The van der Waals surface area contributed by atoms with Crippen LogP contribution in [0.5, 0.6) is 0 Å².